The molecule has 118 valence electrons. The fourth-order valence-electron chi connectivity index (χ4n) is 2.43. The van der Waals surface area contributed by atoms with Gasteiger partial charge in [0.25, 0.3) is 0 Å². The lowest BCUT2D eigenvalue weighted by Crippen LogP contribution is -2.34. The number of hydrogen-bond acceptors (Lipinski definition) is 4. The zero-order valence-corrected chi connectivity index (χ0v) is 12.7. The van der Waals surface area contributed by atoms with E-state index in [1.807, 2.05) is 36.4 Å². The van der Waals surface area contributed by atoms with Crippen LogP contribution in [0, 0.1) is 0 Å². The Morgan fingerprint density at radius 1 is 1.32 bits per heavy atom. The summed E-state index contributed by atoms with van der Waals surface area (Å²) in [5.41, 5.74) is 0.966. The third-order valence-corrected chi connectivity index (χ3v) is 3.61. The Balaban J connectivity index is 1.84. The lowest BCUT2D eigenvalue weighted by Gasteiger charge is -2.21. The van der Waals surface area contributed by atoms with Gasteiger partial charge in [0.2, 0.25) is 0 Å². The Bertz CT molecular complexity index is 527. The van der Waals surface area contributed by atoms with E-state index in [-0.39, 0.29) is 31.1 Å². The normalized spacial score (nSPS) is 17.7. The zero-order chi connectivity index (χ0) is 15.8. The number of likely N-dealkylation sites (tertiary alicyclic amines) is 1. The summed E-state index contributed by atoms with van der Waals surface area (Å²) in [6.45, 7) is 0.954. The summed E-state index contributed by atoms with van der Waals surface area (Å²) < 4.78 is 9.93. The van der Waals surface area contributed by atoms with Gasteiger partial charge in [-0.05, 0) is 18.4 Å². The molecule has 2 rings (SSSR count). The molecule has 1 aliphatic rings. The maximum absolute atomic E-state index is 12.2. The van der Waals surface area contributed by atoms with Crippen LogP contribution in [0.1, 0.15) is 24.8 Å². The summed E-state index contributed by atoms with van der Waals surface area (Å²) in [6, 6.07) is 9.59. The van der Waals surface area contributed by atoms with E-state index in [9.17, 15) is 9.59 Å². The first-order valence-corrected chi connectivity index (χ1v) is 7.41. The molecule has 1 amide bonds. The third-order valence-electron chi connectivity index (χ3n) is 3.61. The van der Waals surface area contributed by atoms with Gasteiger partial charge in [-0.2, -0.15) is 0 Å². The number of hydrogen-bond donors (Lipinski definition) is 0. The van der Waals surface area contributed by atoms with E-state index in [4.69, 9.17) is 4.74 Å². The third kappa shape index (κ3) is 4.62. The molecule has 0 aliphatic carbocycles. The molecule has 1 aliphatic heterocycles. The molecular weight excluding hydrogens is 282 g/mol. The van der Waals surface area contributed by atoms with Crippen LogP contribution in [0.3, 0.4) is 0 Å². The molecule has 1 saturated heterocycles. The lowest BCUT2D eigenvalue weighted by atomic mass is 10.2. The highest BCUT2D eigenvalue weighted by Gasteiger charge is 2.27. The number of benzene rings is 1. The van der Waals surface area contributed by atoms with Crippen LogP contribution in [0.25, 0.3) is 0 Å². The second kappa shape index (κ2) is 8.22. The summed E-state index contributed by atoms with van der Waals surface area (Å²) in [5.74, 6) is -0.285. The van der Waals surface area contributed by atoms with Crippen molar-refractivity contribution in [2.24, 2.45) is 0 Å². The summed E-state index contributed by atoms with van der Waals surface area (Å²) in [5, 5.41) is 0. The lowest BCUT2D eigenvalue weighted by molar-refractivity contribution is -0.139. The first-order chi connectivity index (χ1) is 10.7. The van der Waals surface area contributed by atoms with Crippen molar-refractivity contribution in [2.75, 3.05) is 13.7 Å². The van der Waals surface area contributed by atoms with Gasteiger partial charge in [-0.25, -0.2) is 4.79 Å². The number of carbonyl (C=O) groups is 2. The van der Waals surface area contributed by atoms with Crippen LogP contribution in [-0.2, 0) is 20.9 Å². The molecule has 0 N–H and O–H groups in total. The zero-order valence-electron chi connectivity index (χ0n) is 12.7. The highest BCUT2D eigenvalue weighted by molar-refractivity contribution is 5.71. The molecule has 1 atom stereocenters. The van der Waals surface area contributed by atoms with Crippen molar-refractivity contribution in [1.29, 1.82) is 0 Å². The molecule has 0 unspecified atom stereocenters. The Labute approximate surface area is 130 Å². The average Bonchev–Trinajstić information content (AvgIpc) is 3.02. The van der Waals surface area contributed by atoms with Crippen LogP contribution in [0.15, 0.2) is 42.5 Å². The van der Waals surface area contributed by atoms with Crippen LogP contribution in [0.4, 0.5) is 4.79 Å². The molecule has 0 bridgehead atoms. The molecule has 1 fully saturated rings. The van der Waals surface area contributed by atoms with Gasteiger partial charge >= 0.3 is 12.1 Å². The number of esters is 1. The number of ether oxygens (including phenoxy) is 2. The molecule has 1 heterocycles. The Morgan fingerprint density at radius 2 is 2.09 bits per heavy atom. The van der Waals surface area contributed by atoms with Crippen molar-refractivity contribution >= 4 is 12.1 Å². The fraction of sp³-hybridized carbons (Fsp3) is 0.412. The second-order valence-electron chi connectivity index (χ2n) is 5.15. The highest BCUT2D eigenvalue weighted by atomic mass is 16.6. The number of rotatable bonds is 5. The van der Waals surface area contributed by atoms with Gasteiger partial charge in [0.15, 0.2) is 0 Å². The minimum Gasteiger partial charge on any atom is -0.469 e. The average molecular weight is 303 g/mol. The topological polar surface area (TPSA) is 55.8 Å². The quantitative estimate of drug-likeness (QED) is 0.620. The number of carbonyl (C=O) groups excluding carboxylic acids is 2. The maximum atomic E-state index is 12.2. The number of nitrogens with zero attached hydrogens (tertiary/aromatic N) is 1. The van der Waals surface area contributed by atoms with Gasteiger partial charge in [0, 0.05) is 6.54 Å². The summed E-state index contributed by atoms with van der Waals surface area (Å²) >= 11 is 0. The van der Waals surface area contributed by atoms with Crippen LogP contribution in [0.5, 0.6) is 0 Å². The first kappa shape index (κ1) is 16.1. The van der Waals surface area contributed by atoms with Crippen LogP contribution >= 0.6 is 0 Å². The highest BCUT2D eigenvalue weighted by Crippen LogP contribution is 2.20. The van der Waals surface area contributed by atoms with Crippen molar-refractivity contribution in [3.8, 4) is 0 Å². The van der Waals surface area contributed by atoms with Crippen molar-refractivity contribution in [2.45, 2.75) is 31.9 Å². The van der Waals surface area contributed by atoms with Gasteiger partial charge < -0.3 is 14.4 Å². The Hall–Kier alpha value is -2.30. The Morgan fingerprint density at radius 3 is 2.82 bits per heavy atom. The van der Waals surface area contributed by atoms with Gasteiger partial charge in [0.05, 0.1) is 19.6 Å². The van der Waals surface area contributed by atoms with Crippen LogP contribution in [0.2, 0.25) is 0 Å². The number of amides is 1. The smallest absolute Gasteiger partial charge is 0.410 e. The van der Waals surface area contributed by atoms with Crippen molar-refractivity contribution < 1.29 is 19.1 Å². The van der Waals surface area contributed by atoms with Gasteiger partial charge in [-0.15, -0.1) is 0 Å². The fourth-order valence-corrected chi connectivity index (χ4v) is 2.43. The van der Waals surface area contributed by atoms with E-state index >= 15 is 0 Å². The molecule has 5 nitrogen and oxygen atoms in total. The van der Waals surface area contributed by atoms with Gasteiger partial charge in [-0.1, -0.05) is 42.5 Å². The maximum Gasteiger partial charge on any atom is 0.410 e. The molecule has 1 aromatic rings. The standard InChI is InChI=1S/C17H21NO4/c1-21-16(19)11-5-9-15-10-6-12-18(15)17(20)22-13-14-7-3-2-4-8-14/h2-5,7-9,15H,6,10-13H2,1H3/b9-5-/t15-/m1/s1. The van der Waals surface area contributed by atoms with Crippen molar-refractivity contribution in [3.63, 3.8) is 0 Å². The van der Waals surface area contributed by atoms with Crippen molar-refractivity contribution in [3.05, 3.63) is 48.0 Å². The van der Waals surface area contributed by atoms with Crippen LogP contribution < -0.4 is 0 Å². The minimum atomic E-state index is -0.311. The van der Waals surface area contributed by atoms with E-state index in [1.165, 1.54) is 7.11 Å². The van der Waals surface area contributed by atoms with E-state index in [0.29, 0.717) is 6.54 Å². The summed E-state index contributed by atoms with van der Waals surface area (Å²) in [7, 11) is 1.36. The largest absolute Gasteiger partial charge is 0.469 e. The number of methoxy groups -OCH3 is 1. The van der Waals surface area contributed by atoms with Gasteiger partial charge in [0.1, 0.15) is 6.61 Å². The first-order valence-electron chi connectivity index (χ1n) is 7.41. The monoisotopic (exact) mass is 303 g/mol. The molecule has 0 spiro atoms. The van der Waals surface area contributed by atoms with Gasteiger partial charge in [-0.3, -0.25) is 4.79 Å². The van der Waals surface area contributed by atoms with Crippen molar-refractivity contribution in [1.82, 2.24) is 4.90 Å². The molecule has 22 heavy (non-hydrogen) atoms. The molecule has 0 aromatic heterocycles. The molecular formula is C17H21NO4. The minimum absolute atomic E-state index is 0.00655. The van der Waals surface area contributed by atoms with E-state index < -0.39 is 0 Å². The van der Waals surface area contributed by atoms with Crippen LogP contribution in [-0.4, -0.2) is 36.7 Å². The molecule has 0 radical (unpaired) electrons. The van der Waals surface area contributed by atoms with E-state index in [1.54, 1.807) is 11.0 Å². The van der Waals surface area contributed by atoms with E-state index in [2.05, 4.69) is 4.74 Å². The summed E-state index contributed by atoms with van der Waals surface area (Å²) in [4.78, 5) is 24.9. The summed E-state index contributed by atoms with van der Waals surface area (Å²) in [6.07, 6.45) is 5.37. The second-order valence-corrected chi connectivity index (χ2v) is 5.15. The predicted molar refractivity (Wildman–Crippen MR) is 82.1 cm³/mol. The molecule has 1 aromatic carbocycles. The molecule has 0 saturated carbocycles. The van der Waals surface area contributed by atoms with E-state index in [0.717, 1.165) is 18.4 Å². The predicted octanol–water partition coefficient (Wildman–Crippen LogP) is 2.91. The SMILES string of the molecule is COC(=O)C/C=C\[C@@H]1CCCN1C(=O)OCc1ccccc1. The molecule has 5 heteroatoms. The Kier molecular flexibility index (Phi) is 6.01.